The molecule has 2 aliphatic rings. The maximum absolute atomic E-state index is 15.4. The van der Waals surface area contributed by atoms with Crippen molar-refractivity contribution in [1.82, 2.24) is 19.5 Å². The quantitative estimate of drug-likeness (QED) is 0.476. The molecular weight excluding hydrogens is 470 g/mol. The lowest BCUT2D eigenvalue weighted by molar-refractivity contribution is 0.00578. The van der Waals surface area contributed by atoms with Crippen LogP contribution in [-0.4, -0.2) is 56.3 Å². The van der Waals surface area contributed by atoms with Gasteiger partial charge in [0.05, 0.1) is 16.9 Å². The van der Waals surface area contributed by atoms with Crippen molar-refractivity contribution in [2.24, 2.45) is 0 Å². The molecule has 0 unspecified atom stereocenters. The van der Waals surface area contributed by atoms with Gasteiger partial charge in [0.25, 0.3) is 5.91 Å². The van der Waals surface area contributed by atoms with Gasteiger partial charge in [-0.3, -0.25) is 4.79 Å². The van der Waals surface area contributed by atoms with Gasteiger partial charge >= 0.3 is 7.12 Å². The molecule has 7 nitrogen and oxygen atoms in total. The minimum atomic E-state index is -0.641. The molecule has 2 saturated heterocycles. The highest BCUT2D eigenvalue weighted by molar-refractivity contribution is 6.62. The average molecular weight is 506 g/mol. The summed E-state index contributed by atoms with van der Waals surface area (Å²) < 4.78 is 29.2. The van der Waals surface area contributed by atoms with Crippen molar-refractivity contribution in [2.45, 2.75) is 90.9 Å². The Morgan fingerprint density at radius 2 is 1.84 bits per heavy atom. The second kappa shape index (κ2) is 9.51. The summed E-state index contributed by atoms with van der Waals surface area (Å²) in [6, 6.07) is 8.72. The van der Waals surface area contributed by atoms with Gasteiger partial charge < -0.3 is 14.2 Å². The molecule has 2 fully saturated rings. The van der Waals surface area contributed by atoms with Gasteiger partial charge in [-0.2, -0.15) is 5.10 Å². The van der Waals surface area contributed by atoms with Gasteiger partial charge in [-0.25, -0.2) is 13.9 Å². The van der Waals surface area contributed by atoms with Crippen molar-refractivity contribution in [3.63, 3.8) is 0 Å². The second-order valence-electron chi connectivity index (χ2n) is 11.3. The third kappa shape index (κ3) is 4.68. The third-order valence-corrected chi connectivity index (χ3v) is 8.19. The Kier molecular flexibility index (Phi) is 6.65. The first kappa shape index (κ1) is 25.9. The number of likely N-dealkylation sites (tertiary alicyclic amines) is 1. The van der Waals surface area contributed by atoms with Gasteiger partial charge in [0.2, 0.25) is 0 Å². The first-order chi connectivity index (χ1) is 17.5. The van der Waals surface area contributed by atoms with E-state index in [4.69, 9.17) is 9.31 Å². The first-order valence-electron chi connectivity index (χ1n) is 13.4. The van der Waals surface area contributed by atoms with E-state index in [1.807, 2.05) is 51.7 Å². The largest absolute Gasteiger partial charge is 0.494 e. The van der Waals surface area contributed by atoms with E-state index < -0.39 is 24.1 Å². The van der Waals surface area contributed by atoms with Gasteiger partial charge in [-0.05, 0) is 71.5 Å². The number of rotatable bonds is 4. The standard InChI is InChI=1S/C28H36BFN4O3/c1-7-20-16-24(26(35)33-14-10-8-9-11-18(33)2)31-25-17-23(32-34(20)25)21-13-12-19(15-22(21)30)29-36-27(3,4)28(5,6)37-29/h12-13,15-18H,7-11,14H2,1-6H3/t18-/m1/s1. The number of fused-ring (bicyclic) bond motifs is 1. The van der Waals surface area contributed by atoms with Crippen LogP contribution in [0.5, 0.6) is 0 Å². The zero-order valence-electron chi connectivity index (χ0n) is 22.7. The maximum atomic E-state index is 15.4. The molecule has 2 aliphatic heterocycles. The van der Waals surface area contributed by atoms with Crippen LogP contribution in [0.25, 0.3) is 16.9 Å². The lowest BCUT2D eigenvalue weighted by Gasteiger charge is -2.32. The molecule has 1 atom stereocenters. The summed E-state index contributed by atoms with van der Waals surface area (Å²) in [4.78, 5) is 20.0. The Bertz CT molecular complexity index is 1320. The van der Waals surface area contributed by atoms with Crippen LogP contribution in [-0.2, 0) is 15.7 Å². The summed E-state index contributed by atoms with van der Waals surface area (Å²) in [5.74, 6) is -0.462. The molecule has 0 N–H and O–H groups in total. The Morgan fingerprint density at radius 3 is 2.51 bits per heavy atom. The lowest BCUT2D eigenvalue weighted by Crippen LogP contribution is -2.41. The highest BCUT2D eigenvalue weighted by Crippen LogP contribution is 2.36. The van der Waals surface area contributed by atoms with Crippen molar-refractivity contribution < 1.29 is 18.5 Å². The Balaban J connectivity index is 1.46. The zero-order valence-corrected chi connectivity index (χ0v) is 22.7. The minimum absolute atomic E-state index is 0.0488. The summed E-state index contributed by atoms with van der Waals surface area (Å²) in [5.41, 5.74) is 2.26. The average Bonchev–Trinajstić information content (AvgIpc) is 3.27. The molecule has 0 aliphatic carbocycles. The monoisotopic (exact) mass is 506 g/mol. The molecule has 196 valence electrons. The minimum Gasteiger partial charge on any atom is -0.399 e. The number of carbonyl (C=O) groups is 1. The number of hydrogen-bond donors (Lipinski definition) is 0. The van der Waals surface area contributed by atoms with Gasteiger partial charge in [0.1, 0.15) is 11.5 Å². The maximum Gasteiger partial charge on any atom is 0.494 e. The number of aryl methyl sites for hydroxylation is 1. The topological polar surface area (TPSA) is 69.0 Å². The molecular formula is C28H36BFN4O3. The number of aromatic nitrogens is 3. The molecule has 2 aromatic heterocycles. The zero-order chi connectivity index (χ0) is 26.5. The van der Waals surface area contributed by atoms with Crippen LogP contribution in [0.4, 0.5) is 4.39 Å². The molecule has 1 aromatic carbocycles. The highest BCUT2D eigenvalue weighted by Gasteiger charge is 2.51. The van der Waals surface area contributed by atoms with Crippen molar-refractivity contribution in [3.05, 3.63) is 47.5 Å². The van der Waals surface area contributed by atoms with Gasteiger partial charge in [0.15, 0.2) is 5.65 Å². The summed E-state index contributed by atoms with van der Waals surface area (Å²) in [5, 5.41) is 4.66. The molecule has 4 heterocycles. The molecule has 0 spiro atoms. The number of nitrogens with zero attached hydrogens (tertiary/aromatic N) is 4. The summed E-state index contributed by atoms with van der Waals surface area (Å²) in [7, 11) is -0.641. The van der Waals surface area contributed by atoms with Gasteiger partial charge in [-0.15, -0.1) is 0 Å². The normalized spacial score (nSPS) is 21.4. The van der Waals surface area contributed by atoms with Crippen LogP contribution in [0, 0.1) is 5.82 Å². The van der Waals surface area contributed by atoms with Crippen LogP contribution in [0.3, 0.4) is 0 Å². The summed E-state index contributed by atoms with van der Waals surface area (Å²) in [6.45, 7) is 12.8. The van der Waals surface area contributed by atoms with Crippen LogP contribution in [0.1, 0.15) is 83.4 Å². The van der Waals surface area contributed by atoms with E-state index in [2.05, 4.69) is 17.0 Å². The van der Waals surface area contributed by atoms with Gasteiger partial charge in [-0.1, -0.05) is 31.9 Å². The van der Waals surface area contributed by atoms with E-state index >= 15 is 4.39 Å². The molecule has 3 aromatic rings. The fraction of sp³-hybridized carbons (Fsp3) is 0.536. The Labute approximate surface area is 218 Å². The SMILES string of the molecule is CCc1cc(C(=O)N2CCCCC[C@H]2C)nc2cc(-c3ccc(B4OC(C)(C)C(C)(C)O4)cc3F)nn12. The fourth-order valence-corrected chi connectivity index (χ4v) is 5.12. The van der Waals surface area contributed by atoms with Gasteiger partial charge in [0, 0.05) is 29.9 Å². The fourth-order valence-electron chi connectivity index (χ4n) is 5.12. The summed E-state index contributed by atoms with van der Waals surface area (Å²) >= 11 is 0. The Hall–Kier alpha value is -2.78. The van der Waals surface area contributed by atoms with E-state index in [-0.39, 0.29) is 11.9 Å². The predicted molar refractivity (Wildman–Crippen MR) is 142 cm³/mol. The number of carbonyl (C=O) groups excluding carboxylic acids is 1. The molecule has 0 bridgehead atoms. The number of halogens is 1. The third-order valence-electron chi connectivity index (χ3n) is 8.19. The van der Waals surface area contributed by atoms with Crippen LogP contribution >= 0.6 is 0 Å². The molecule has 1 amide bonds. The Morgan fingerprint density at radius 1 is 1.11 bits per heavy atom. The van der Waals surface area contributed by atoms with Crippen molar-refractivity contribution >= 4 is 24.1 Å². The number of hydrogen-bond acceptors (Lipinski definition) is 5. The van der Waals surface area contributed by atoms with Crippen LogP contribution in [0.15, 0.2) is 30.3 Å². The van der Waals surface area contributed by atoms with Crippen molar-refractivity contribution in [3.8, 4) is 11.3 Å². The first-order valence-corrected chi connectivity index (χ1v) is 13.4. The second-order valence-corrected chi connectivity index (χ2v) is 11.3. The van der Waals surface area contributed by atoms with E-state index in [1.54, 1.807) is 16.6 Å². The molecule has 5 rings (SSSR count). The molecule has 0 saturated carbocycles. The molecule has 9 heteroatoms. The van der Waals surface area contributed by atoms with Crippen LogP contribution < -0.4 is 5.46 Å². The predicted octanol–water partition coefficient (Wildman–Crippen LogP) is 4.80. The smallest absolute Gasteiger partial charge is 0.399 e. The molecule has 37 heavy (non-hydrogen) atoms. The van der Waals surface area contributed by atoms with E-state index in [1.165, 1.54) is 6.07 Å². The van der Waals surface area contributed by atoms with Crippen molar-refractivity contribution in [2.75, 3.05) is 6.54 Å². The number of amides is 1. The highest BCUT2D eigenvalue weighted by atomic mass is 19.1. The van der Waals surface area contributed by atoms with Crippen LogP contribution in [0.2, 0.25) is 0 Å². The van der Waals surface area contributed by atoms with E-state index in [0.29, 0.717) is 34.5 Å². The van der Waals surface area contributed by atoms with Crippen molar-refractivity contribution in [1.29, 1.82) is 0 Å². The number of benzene rings is 1. The van der Waals surface area contributed by atoms with E-state index in [9.17, 15) is 4.79 Å². The molecule has 0 radical (unpaired) electrons. The summed E-state index contributed by atoms with van der Waals surface area (Å²) in [6.07, 6.45) is 4.97. The van der Waals surface area contributed by atoms with E-state index in [0.717, 1.165) is 37.9 Å². The lowest BCUT2D eigenvalue weighted by atomic mass is 9.78.